The highest BCUT2D eigenvalue weighted by atomic mass is 16.2. The maximum Gasteiger partial charge on any atom is 0.224 e. The molecule has 1 aliphatic rings. The second kappa shape index (κ2) is 11.3. The van der Waals surface area contributed by atoms with Crippen LogP contribution in [0.3, 0.4) is 0 Å². The van der Waals surface area contributed by atoms with Gasteiger partial charge < -0.3 is 20.9 Å². The molecule has 1 aromatic rings. The topological polar surface area (TPSA) is 85.8 Å². The van der Waals surface area contributed by atoms with Crippen LogP contribution in [0, 0.1) is 5.92 Å². The number of carbonyl (C=O) groups excluding carboxylic acids is 2. The zero-order chi connectivity index (χ0) is 20.4. The monoisotopic (exact) mass is 387 g/mol. The van der Waals surface area contributed by atoms with Crippen LogP contribution in [0.4, 0.5) is 5.69 Å². The van der Waals surface area contributed by atoms with E-state index in [9.17, 15) is 9.59 Å². The van der Waals surface area contributed by atoms with Crippen molar-refractivity contribution in [1.82, 2.24) is 15.5 Å². The van der Waals surface area contributed by atoms with Gasteiger partial charge in [0, 0.05) is 52.3 Å². The fourth-order valence-electron chi connectivity index (χ4n) is 3.44. The molecule has 0 saturated carbocycles. The maximum atomic E-state index is 11.8. The van der Waals surface area contributed by atoms with E-state index < -0.39 is 0 Å². The van der Waals surface area contributed by atoms with Crippen molar-refractivity contribution in [3.05, 3.63) is 29.8 Å². The van der Waals surface area contributed by atoms with E-state index in [0.29, 0.717) is 25.3 Å². The number of anilines is 1. The van der Waals surface area contributed by atoms with Gasteiger partial charge in [-0.15, -0.1) is 0 Å². The maximum absolute atomic E-state index is 11.8. The normalized spacial score (nSPS) is 15.2. The Bertz CT molecular complexity index is 681. The van der Waals surface area contributed by atoms with Gasteiger partial charge in [-0.2, -0.15) is 0 Å². The smallest absolute Gasteiger partial charge is 0.224 e. The molecule has 0 aliphatic carbocycles. The van der Waals surface area contributed by atoms with E-state index >= 15 is 0 Å². The molecule has 0 bridgehead atoms. The molecular weight excluding hydrogens is 354 g/mol. The summed E-state index contributed by atoms with van der Waals surface area (Å²) in [6, 6.07) is 7.88. The zero-order valence-corrected chi connectivity index (χ0v) is 17.3. The van der Waals surface area contributed by atoms with Crippen LogP contribution in [0.15, 0.2) is 29.3 Å². The number of rotatable bonds is 7. The molecule has 1 fully saturated rings. The second-order valence-corrected chi connectivity index (χ2v) is 7.21. The lowest BCUT2D eigenvalue weighted by atomic mass is 9.93. The molecule has 1 aliphatic heterocycles. The Morgan fingerprint density at radius 1 is 1.21 bits per heavy atom. The Balaban J connectivity index is 1.84. The lowest BCUT2D eigenvalue weighted by molar-refractivity contribution is -0.121. The molecule has 28 heavy (non-hydrogen) atoms. The number of likely N-dealkylation sites (tertiary alicyclic amines) is 1. The Morgan fingerprint density at radius 3 is 2.61 bits per heavy atom. The standard InChI is InChI=1S/C21H33N5O2/c1-4-6-19(27)25-18-8-5-7-17(13-18)15-24-21(23-3)26-11-9-16(10-12-26)14-20(28)22-2/h5,7-8,13,16H,4,6,9-12,14-15H2,1-3H3,(H,22,28)(H,23,24)(H,25,27). The molecular formula is C21H33N5O2. The minimum absolute atomic E-state index is 0.0445. The van der Waals surface area contributed by atoms with Crippen LogP contribution in [-0.2, 0) is 16.1 Å². The van der Waals surface area contributed by atoms with Crippen LogP contribution < -0.4 is 16.0 Å². The Labute approximate surface area is 168 Å². The SMILES string of the molecule is CCCC(=O)Nc1cccc(CNC(=NC)N2CCC(CC(=O)NC)CC2)c1. The van der Waals surface area contributed by atoms with Gasteiger partial charge in [0.15, 0.2) is 5.96 Å². The molecule has 2 rings (SSSR count). The molecule has 0 radical (unpaired) electrons. The zero-order valence-electron chi connectivity index (χ0n) is 17.3. The molecule has 0 unspecified atom stereocenters. The van der Waals surface area contributed by atoms with E-state index in [1.165, 1.54) is 0 Å². The lowest BCUT2D eigenvalue weighted by Gasteiger charge is -2.34. The fraction of sp³-hybridized carbons (Fsp3) is 0.571. The van der Waals surface area contributed by atoms with Crippen molar-refractivity contribution in [2.24, 2.45) is 10.9 Å². The van der Waals surface area contributed by atoms with Crippen LogP contribution in [0.5, 0.6) is 0 Å². The van der Waals surface area contributed by atoms with Gasteiger partial charge in [-0.05, 0) is 42.9 Å². The van der Waals surface area contributed by atoms with Crippen LogP contribution >= 0.6 is 0 Å². The average Bonchev–Trinajstić information content (AvgIpc) is 2.70. The lowest BCUT2D eigenvalue weighted by Crippen LogP contribution is -2.45. The predicted molar refractivity (Wildman–Crippen MR) is 113 cm³/mol. The summed E-state index contributed by atoms with van der Waals surface area (Å²) in [6.45, 7) is 4.43. The van der Waals surface area contributed by atoms with Crippen molar-refractivity contribution >= 4 is 23.5 Å². The van der Waals surface area contributed by atoms with Crippen LogP contribution in [-0.4, -0.2) is 49.9 Å². The van der Waals surface area contributed by atoms with E-state index in [1.54, 1.807) is 14.1 Å². The summed E-state index contributed by atoms with van der Waals surface area (Å²) in [5.41, 5.74) is 1.91. The quantitative estimate of drug-likeness (QED) is 0.495. The third-order valence-corrected chi connectivity index (χ3v) is 5.02. The molecule has 1 saturated heterocycles. The van der Waals surface area contributed by atoms with Gasteiger partial charge in [0.1, 0.15) is 0 Å². The fourth-order valence-corrected chi connectivity index (χ4v) is 3.44. The number of carbonyl (C=O) groups is 2. The van der Waals surface area contributed by atoms with Crippen molar-refractivity contribution in [3.63, 3.8) is 0 Å². The summed E-state index contributed by atoms with van der Waals surface area (Å²) in [4.78, 5) is 30.0. The second-order valence-electron chi connectivity index (χ2n) is 7.21. The van der Waals surface area contributed by atoms with E-state index in [1.807, 2.05) is 31.2 Å². The average molecular weight is 388 g/mol. The number of piperidine rings is 1. The number of hydrogen-bond acceptors (Lipinski definition) is 3. The summed E-state index contributed by atoms with van der Waals surface area (Å²) in [5, 5.41) is 9.05. The van der Waals surface area contributed by atoms with Gasteiger partial charge in [0.25, 0.3) is 0 Å². The molecule has 154 valence electrons. The highest BCUT2D eigenvalue weighted by molar-refractivity contribution is 5.90. The van der Waals surface area contributed by atoms with Gasteiger partial charge in [-0.1, -0.05) is 19.1 Å². The van der Waals surface area contributed by atoms with Crippen molar-refractivity contribution in [2.45, 2.75) is 45.6 Å². The molecule has 0 atom stereocenters. The van der Waals surface area contributed by atoms with E-state index in [0.717, 1.165) is 49.6 Å². The number of nitrogens with zero attached hydrogens (tertiary/aromatic N) is 2. The molecule has 0 spiro atoms. The minimum Gasteiger partial charge on any atom is -0.359 e. The number of nitrogens with one attached hydrogen (secondary N) is 3. The van der Waals surface area contributed by atoms with E-state index in [2.05, 4.69) is 25.8 Å². The number of hydrogen-bond donors (Lipinski definition) is 3. The summed E-state index contributed by atoms with van der Waals surface area (Å²) >= 11 is 0. The van der Waals surface area contributed by atoms with Crippen LogP contribution in [0.1, 0.15) is 44.6 Å². The Hall–Kier alpha value is -2.57. The third-order valence-electron chi connectivity index (χ3n) is 5.02. The first-order valence-electron chi connectivity index (χ1n) is 10.1. The first-order valence-corrected chi connectivity index (χ1v) is 10.1. The molecule has 1 aromatic carbocycles. The Kier molecular flexibility index (Phi) is 8.78. The van der Waals surface area contributed by atoms with Gasteiger partial charge in [-0.3, -0.25) is 14.6 Å². The van der Waals surface area contributed by atoms with Crippen molar-refractivity contribution in [2.75, 3.05) is 32.5 Å². The van der Waals surface area contributed by atoms with Gasteiger partial charge in [-0.25, -0.2) is 0 Å². The Morgan fingerprint density at radius 2 is 1.96 bits per heavy atom. The summed E-state index contributed by atoms with van der Waals surface area (Å²) < 4.78 is 0. The molecule has 7 heteroatoms. The van der Waals surface area contributed by atoms with Crippen molar-refractivity contribution < 1.29 is 9.59 Å². The molecule has 7 nitrogen and oxygen atoms in total. The van der Waals surface area contributed by atoms with Crippen molar-refractivity contribution in [1.29, 1.82) is 0 Å². The number of benzene rings is 1. The predicted octanol–water partition coefficient (Wildman–Crippen LogP) is 2.35. The van der Waals surface area contributed by atoms with Gasteiger partial charge >= 0.3 is 0 Å². The highest BCUT2D eigenvalue weighted by Gasteiger charge is 2.23. The van der Waals surface area contributed by atoms with Gasteiger partial charge in [0.05, 0.1) is 0 Å². The van der Waals surface area contributed by atoms with Crippen LogP contribution in [0.25, 0.3) is 0 Å². The number of amides is 2. The number of aliphatic imine (C=N–C) groups is 1. The molecule has 3 N–H and O–H groups in total. The molecule has 0 aromatic heterocycles. The highest BCUT2D eigenvalue weighted by Crippen LogP contribution is 2.20. The third kappa shape index (κ3) is 6.87. The van der Waals surface area contributed by atoms with Crippen molar-refractivity contribution in [3.8, 4) is 0 Å². The minimum atomic E-state index is 0.0445. The first kappa shape index (κ1) is 21.7. The summed E-state index contributed by atoms with van der Waals surface area (Å²) in [5.74, 6) is 1.48. The number of guanidine groups is 1. The summed E-state index contributed by atoms with van der Waals surface area (Å²) in [7, 11) is 3.48. The van der Waals surface area contributed by atoms with E-state index in [4.69, 9.17) is 0 Å². The summed E-state index contributed by atoms with van der Waals surface area (Å²) in [6.07, 6.45) is 3.96. The molecule has 2 amide bonds. The van der Waals surface area contributed by atoms with E-state index in [-0.39, 0.29) is 11.8 Å². The first-order chi connectivity index (χ1) is 13.5. The van der Waals surface area contributed by atoms with Gasteiger partial charge in [0.2, 0.25) is 11.8 Å². The largest absolute Gasteiger partial charge is 0.359 e. The molecule has 1 heterocycles. The van der Waals surface area contributed by atoms with Crippen LogP contribution in [0.2, 0.25) is 0 Å².